The van der Waals surface area contributed by atoms with Gasteiger partial charge >= 0.3 is 0 Å². The highest BCUT2D eigenvalue weighted by Gasteiger charge is 2.11. The molecule has 1 aromatic heterocycles. The molecule has 0 aliphatic heterocycles. The van der Waals surface area contributed by atoms with Gasteiger partial charge < -0.3 is 10.6 Å². The van der Waals surface area contributed by atoms with Crippen molar-refractivity contribution in [2.75, 3.05) is 12.4 Å². The Morgan fingerprint density at radius 2 is 2.05 bits per heavy atom. The van der Waals surface area contributed by atoms with Crippen LogP contribution in [0.1, 0.15) is 27.0 Å². The summed E-state index contributed by atoms with van der Waals surface area (Å²) in [6.45, 7) is 4.64. The van der Waals surface area contributed by atoms with Crippen molar-refractivity contribution < 1.29 is 4.79 Å². The molecule has 0 aliphatic rings. The second kappa shape index (κ2) is 5.89. The summed E-state index contributed by atoms with van der Waals surface area (Å²) < 4.78 is 0. The maximum atomic E-state index is 12.2. The summed E-state index contributed by atoms with van der Waals surface area (Å²) in [5.41, 5.74) is 5.08. The van der Waals surface area contributed by atoms with Crippen LogP contribution < -0.4 is 10.6 Å². The SMILES string of the molecule is CNc1cc(C)ccc1C(=O)NCc1cscc1C. The number of nitrogens with one attached hydrogen (secondary N) is 2. The van der Waals surface area contributed by atoms with Gasteiger partial charge in [0, 0.05) is 19.3 Å². The monoisotopic (exact) mass is 274 g/mol. The van der Waals surface area contributed by atoms with Gasteiger partial charge in [0.15, 0.2) is 0 Å². The minimum absolute atomic E-state index is 0.0463. The van der Waals surface area contributed by atoms with Gasteiger partial charge in [0.2, 0.25) is 0 Å². The van der Waals surface area contributed by atoms with E-state index in [0.29, 0.717) is 12.1 Å². The van der Waals surface area contributed by atoms with Crippen molar-refractivity contribution in [3.8, 4) is 0 Å². The summed E-state index contributed by atoms with van der Waals surface area (Å²) in [6, 6.07) is 5.79. The standard InChI is InChI=1S/C15H18N2OS/c1-10-4-5-13(14(6-10)16-3)15(18)17-7-12-9-19-8-11(12)2/h4-6,8-9,16H,7H2,1-3H3,(H,17,18). The zero-order valence-electron chi connectivity index (χ0n) is 11.4. The Morgan fingerprint density at radius 1 is 1.26 bits per heavy atom. The van der Waals surface area contributed by atoms with Gasteiger partial charge in [-0.3, -0.25) is 4.79 Å². The summed E-state index contributed by atoms with van der Waals surface area (Å²) in [4.78, 5) is 12.2. The Kier molecular flexibility index (Phi) is 4.22. The highest BCUT2D eigenvalue weighted by molar-refractivity contribution is 7.08. The van der Waals surface area contributed by atoms with E-state index in [4.69, 9.17) is 0 Å². The quantitative estimate of drug-likeness (QED) is 0.898. The summed E-state index contributed by atoms with van der Waals surface area (Å²) >= 11 is 1.66. The molecule has 0 radical (unpaired) electrons. The van der Waals surface area contributed by atoms with Gasteiger partial charge in [-0.1, -0.05) is 6.07 Å². The minimum atomic E-state index is -0.0463. The molecule has 1 amide bonds. The Balaban J connectivity index is 2.10. The highest BCUT2D eigenvalue weighted by atomic mass is 32.1. The summed E-state index contributed by atoms with van der Waals surface area (Å²) in [5.74, 6) is -0.0463. The second-order valence-electron chi connectivity index (χ2n) is 4.56. The number of aryl methyl sites for hydroxylation is 2. The number of carbonyl (C=O) groups excluding carboxylic acids is 1. The molecule has 0 aliphatic carbocycles. The molecule has 1 heterocycles. The van der Waals surface area contributed by atoms with Gasteiger partial charge in [-0.2, -0.15) is 11.3 Å². The molecule has 1 aromatic carbocycles. The number of hydrogen-bond acceptors (Lipinski definition) is 3. The lowest BCUT2D eigenvalue weighted by atomic mass is 10.1. The molecule has 100 valence electrons. The van der Waals surface area contributed by atoms with Crippen LogP contribution in [-0.2, 0) is 6.54 Å². The molecule has 2 rings (SSSR count). The Hall–Kier alpha value is -1.81. The number of benzene rings is 1. The van der Waals surface area contributed by atoms with E-state index >= 15 is 0 Å². The summed E-state index contributed by atoms with van der Waals surface area (Å²) in [5, 5.41) is 10.2. The van der Waals surface area contributed by atoms with Gasteiger partial charge in [0.25, 0.3) is 5.91 Å². The van der Waals surface area contributed by atoms with E-state index < -0.39 is 0 Å². The first kappa shape index (κ1) is 13.6. The molecule has 4 heteroatoms. The average Bonchev–Trinajstić information content (AvgIpc) is 2.81. The molecule has 19 heavy (non-hydrogen) atoms. The number of rotatable bonds is 4. The maximum absolute atomic E-state index is 12.2. The molecule has 0 fully saturated rings. The Bertz CT molecular complexity index is 590. The van der Waals surface area contributed by atoms with E-state index in [0.717, 1.165) is 11.3 Å². The number of carbonyl (C=O) groups is 1. The fourth-order valence-corrected chi connectivity index (χ4v) is 2.76. The first-order valence-electron chi connectivity index (χ1n) is 6.20. The second-order valence-corrected chi connectivity index (χ2v) is 5.31. The normalized spacial score (nSPS) is 10.3. The van der Waals surface area contributed by atoms with Crippen molar-refractivity contribution in [2.45, 2.75) is 20.4 Å². The molecule has 2 aromatic rings. The predicted octanol–water partition coefficient (Wildman–Crippen LogP) is 3.34. The highest BCUT2D eigenvalue weighted by Crippen LogP contribution is 2.18. The first-order chi connectivity index (χ1) is 9.11. The number of hydrogen-bond donors (Lipinski definition) is 2. The van der Waals surface area contributed by atoms with Gasteiger partial charge in [0.05, 0.1) is 5.56 Å². The summed E-state index contributed by atoms with van der Waals surface area (Å²) in [7, 11) is 1.83. The van der Waals surface area contributed by atoms with Crippen molar-refractivity contribution in [3.63, 3.8) is 0 Å². The van der Waals surface area contributed by atoms with Gasteiger partial charge in [-0.05, 0) is 53.4 Å². The molecule has 0 unspecified atom stereocenters. The maximum Gasteiger partial charge on any atom is 0.253 e. The van der Waals surface area contributed by atoms with Crippen molar-refractivity contribution >= 4 is 22.9 Å². The van der Waals surface area contributed by atoms with Crippen molar-refractivity contribution in [1.82, 2.24) is 5.32 Å². The van der Waals surface area contributed by atoms with Crippen LogP contribution in [0.15, 0.2) is 29.0 Å². The van der Waals surface area contributed by atoms with Crippen LogP contribution >= 0.6 is 11.3 Å². The zero-order valence-corrected chi connectivity index (χ0v) is 12.2. The number of thiophene rings is 1. The van der Waals surface area contributed by atoms with E-state index in [1.54, 1.807) is 11.3 Å². The van der Waals surface area contributed by atoms with E-state index in [1.807, 2.05) is 32.2 Å². The number of anilines is 1. The Morgan fingerprint density at radius 3 is 2.68 bits per heavy atom. The summed E-state index contributed by atoms with van der Waals surface area (Å²) in [6.07, 6.45) is 0. The molecular weight excluding hydrogens is 256 g/mol. The lowest BCUT2D eigenvalue weighted by molar-refractivity contribution is 0.0951. The van der Waals surface area contributed by atoms with Gasteiger partial charge in [-0.15, -0.1) is 0 Å². The fourth-order valence-electron chi connectivity index (χ4n) is 1.90. The van der Waals surface area contributed by atoms with E-state index in [-0.39, 0.29) is 5.91 Å². The lowest BCUT2D eigenvalue weighted by Crippen LogP contribution is -2.23. The molecule has 0 saturated heterocycles. The fraction of sp³-hybridized carbons (Fsp3) is 0.267. The largest absolute Gasteiger partial charge is 0.387 e. The molecule has 0 saturated carbocycles. The van der Waals surface area contributed by atoms with Crippen LogP contribution in [0.25, 0.3) is 0 Å². The van der Waals surface area contributed by atoms with Crippen molar-refractivity contribution in [3.05, 3.63) is 51.2 Å². The van der Waals surface area contributed by atoms with Crippen LogP contribution in [0, 0.1) is 13.8 Å². The Labute approximate surface area is 117 Å². The molecule has 0 bridgehead atoms. The van der Waals surface area contributed by atoms with Crippen molar-refractivity contribution in [1.29, 1.82) is 0 Å². The smallest absolute Gasteiger partial charge is 0.253 e. The van der Waals surface area contributed by atoms with Crippen LogP contribution in [0.5, 0.6) is 0 Å². The molecule has 2 N–H and O–H groups in total. The zero-order chi connectivity index (χ0) is 13.8. The third kappa shape index (κ3) is 3.15. The van der Waals surface area contributed by atoms with Crippen LogP contribution in [-0.4, -0.2) is 13.0 Å². The third-order valence-corrected chi connectivity index (χ3v) is 4.00. The van der Waals surface area contributed by atoms with Gasteiger partial charge in [0.1, 0.15) is 0 Å². The van der Waals surface area contributed by atoms with Crippen LogP contribution in [0.2, 0.25) is 0 Å². The molecule has 3 nitrogen and oxygen atoms in total. The predicted molar refractivity (Wildman–Crippen MR) is 81.0 cm³/mol. The minimum Gasteiger partial charge on any atom is -0.387 e. The first-order valence-corrected chi connectivity index (χ1v) is 7.14. The van der Waals surface area contributed by atoms with E-state index in [1.165, 1.54) is 11.1 Å². The van der Waals surface area contributed by atoms with Gasteiger partial charge in [-0.25, -0.2) is 0 Å². The van der Waals surface area contributed by atoms with Crippen molar-refractivity contribution in [2.24, 2.45) is 0 Å². The lowest BCUT2D eigenvalue weighted by Gasteiger charge is -2.10. The van der Waals surface area contributed by atoms with Crippen LogP contribution in [0.4, 0.5) is 5.69 Å². The van der Waals surface area contributed by atoms with E-state index in [2.05, 4.69) is 28.3 Å². The third-order valence-electron chi connectivity index (χ3n) is 3.09. The average molecular weight is 274 g/mol. The van der Waals surface area contributed by atoms with Crippen LogP contribution in [0.3, 0.4) is 0 Å². The molecule has 0 spiro atoms. The number of amides is 1. The van der Waals surface area contributed by atoms with E-state index in [9.17, 15) is 4.79 Å². The molecule has 0 atom stereocenters. The topological polar surface area (TPSA) is 41.1 Å². The molecular formula is C15H18N2OS.